The van der Waals surface area contributed by atoms with Gasteiger partial charge in [0, 0.05) is 31.6 Å². The molecule has 128 valence electrons. The summed E-state index contributed by atoms with van der Waals surface area (Å²) in [6.45, 7) is 5.90. The van der Waals surface area contributed by atoms with E-state index in [4.69, 9.17) is 9.47 Å². The lowest BCUT2D eigenvalue weighted by Gasteiger charge is -2.35. The van der Waals surface area contributed by atoms with Crippen molar-refractivity contribution in [2.24, 2.45) is 0 Å². The standard InChI is InChI=1S/C18H28N2O3/c1-3-4-9-18(21)19-14-16(20-10-12-23-13-11-20)15-7-5-6-8-17(15)22-2/h5-8,16H,3-4,9-14H2,1-2H3,(H,19,21). The van der Waals surface area contributed by atoms with E-state index in [-0.39, 0.29) is 11.9 Å². The molecule has 1 N–H and O–H groups in total. The molecule has 1 heterocycles. The van der Waals surface area contributed by atoms with Crippen molar-refractivity contribution in [1.82, 2.24) is 10.2 Å². The third kappa shape index (κ3) is 5.22. The fraction of sp³-hybridized carbons (Fsp3) is 0.611. The first-order valence-electron chi connectivity index (χ1n) is 8.47. The first-order chi connectivity index (χ1) is 11.3. The summed E-state index contributed by atoms with van der Waals surface area (Å²) in [7, 11) is 1.69. The molecule has 0 aromatic heterocycles. The van der Waals surface area contributed by atoms with Crippen LogP contribution in [-0.4, -0.2) is 50.8 Å². The average Bonchev–Trinajstić information content (AvgIpc) is 2.61. The quantitative estimate of drug-likeness (QED) is 0.799. The van der Waals surface area contributed by atoms with Crippen LogP contribution in [0.5, 0.6) is 5.75 Å². The lowest BCUT2D eigenvalue weighted by molar-refractivity contribution is -0.121. The molecule has 1 aliphatic heterocycles. The van der Waals surface area contributed by atoms with Crippen LogP contribution in [0.4, 0.5) is 0 Å². The van der Waals surface area contributed by atoms with Gasteiger partial charge in [-0.05, 0) is 12.5 Å². The van der Waals surface area contributed by atoms with Gasteiger partial charge in [-0.25, -0.2) is 0 Å². The van der Waals surface area contributed by atoms with Gasteiger partial charge in [-0.15, -0.1) is 0 Å². The normalized spacial score (nSPS) is 16.8. The van der Waals surface area contributed by atoms with Crippen LogP contribution < -0.4 is 10.1 Å². The number of morpholine rings is 1. The molecule has 23 heavy (non-hydrogen) atoms. The Bertz CT molecular complexity index is 487. The van der Waals surface area contributed by atoms with Crippen LogP contribution in [0, 0.1) is 0 Å². The lowest BCUT2D eigenvalue weighted by Crippen LogP contribution is -2.43. The zero-order valence-electron chi connectivity index (χ0n) is 14.2. The van der Waals surface area contributed by atoms with Crippen LogP contribution in [0.25, 0.3) is 0 Å². The lowest BCUT2D eigenvalue weighted by atomic mass is 10.0. The second kappa shape index (κ2) is 9.53. The number of para-hydroxylation sites is 1. The molecule has 1 aliphatic rings. The predicted molar refractivity (Wildman–Crippen MR) is 90.7 cm³/mol. The van der Waals surface area contributed by atoms with Crippen molar-refractivity contribution in [3.05, 3.63) is 29.8 Å². The van der Waals surface area contributed by atoms with Crippen molar-refractivity contribution in [2.75, 3.05) is 40.0 Å². The highest BCUT2D eigenvalue weighted by molar-refractivity contribution is 5.75. The summed E-state index contributed by atoms with van der Waals surface area (Å²) < 4.78 is 11.0. The number of hydrogen-bond donors (Lipinski definition) is 1. The van der Waals surface area contributed by atoms with Crippen molar-refractivity contribution in [3.63, 3.8) is 0 Å². The van der Waals surface area contributed by atoms with E-state index in [1.54, 1.807) is 7.11 Å². The summed E-state index contributed by atoms with van der Waals surface area (Å²) in [5, 5.41) is 3.09. The second-order valence-corrected chi connectivity index (χ2v) is 5.81. The molecule has 1 amide bonds. The van der Waals surface area contributed by atoms with E-state index in [2.05, 4.69) is 23.2 Å². The number of hydrogen-bond acceptors (Lipinski definition) is 4. The smallest absolute Gasteiger partial charge is 0.220 e. The Balaban J connectivity index is 2.09. The third-order valence-corrected chi connectivity index (χ3v) is 4.23. The summed E-state index contributed by atoms with van der Waals surface area (Å²) in [5.74, 6) is 0.992. The molecular weight excluding hydrogens is 292 g/mol. The van der Waals surface area contributed by atoms with Crippen LogP contribution >= 0.6 is 0 Å². The van der Waals surface area contributed by atoms with E-state index in [1.165, 1.54) is 0 Å². The van der Waals surface area contributed by atoms with Crippen molar-refractivity contribution in [1.29, 1.82) is 0 Å². The maximum absolute atomic E-state index is 12.0. The van der Waals surface area contributed by atoms with Crippen LogP contribution in [-0.2, 0) is 9.53 Å². The van der Waals surface area contributed by atoms with Crippen molar-refractivity contribution in [3.8, 4) is 5.75 Å². The first kappa shape index (κ1) is 17.8. The van der Waals surface area contributed by atoms with Gasteiger partial charge in [-0.1, -0.05) is 31.5 Å². The number of nitrogens with zero attached hydrogens (tertiary/aromatic N) is 1. The molecular formula is C18H28N2O3. The molecule has 5 nitrogen and oxygen atoms in total. The number of carbonyl (C=O) groups is 1. The van der Waals surface area contributed by atoms with Crippen molar-refractivity contribution < 1.29 is 14.3 Å². The van der Waals surface area contributed by atoms with Gasteiger partial charge in [-0.3, -0.25) is 9.69 Å². The molecule has 1 unspecified atom stereocenters. The monoisotopic (exact) mass is 320 g/mol. The Morgan fingerprint density at radius 1 is 1.35 bits per heavy atom. The minimum absolute atomic E-state index is 0.112. The highest BCUT2D eigenvalue weighted by atomic mass is 16.5. The van der Waals surface area contributed by atoms with Gasteiger partial charge < -0.3 is 14.8 Å². The molecule has 1 aromatic carbocycles. The third-order valence-electron chi connectivity index (χ3n) is 4.23. The van der Waals surface area contributed by atoms with Gasteiger partial charge in [0.25, 0.3) is 0 Å². The number of benzene rings is 1. The van der Waals surface area contributed by atoms with Gasteiger partial charge in [0.2, 0.25) is 5.91 Å². The predicted octanol–water partition coefficient (Wildman–Crippen LogP) is 2.37. The molecule has 5 heteroatoms. The van der Waals surface area contributed by atoms with Gasteiger partial charge in [0.05, 0.1) is 26.4 Å². The number of rotatable bonds is 8. The summed E-state index contributed by atoms with van der Waals surface area (Å²) >= 11 is 0. The molecule has 0 aliphatic carbocycles. The van der Waals surface area contributed by atoms with E-state index in [0.717, 1.165) is 50.5 Å². The molecule has 0 radical (unpaired) electrons. The molecule has 1 aromatic rings. The van der Waals surface area contributed by atoms with E-state index in [1.807, 2.05) is 18.2 Å². The zero-order valence-corrected chi connectivity index (χ0v) is 14.2. The highest BCUT2D eigenvalue weighted by Crippen LogP contribution is 2.29. The molecule has 0 bridgehead atoms. The Kier molecular flexibility index (Phi) is 7.36. The maximum Gasteiger partial charge on any atom is 0.220 e. The maximum atomic E-state index is 12.0. The molecule has 0 spiro atoms. The van der Waals surface area contributed by atoms with Crippen LogP contribution in [0.15, 0.2) is 24.3 Å². The van der Waals surface area contributed by atoms with Crippen LogP contribution in [0.3, 0.4) is 0 Å². The number of amides is 1. The summed E-state index contributed by atoms with van der Waals surface area (Å²) in [6.07, 6.45) is 2.56. The molecule has 2 rings (SSSR count). The Morgan fingerprint density at radius 3 is 2.78 bits per heavy atom. The SMILES string of the molecule is CCCCC(=O)NCC(c1ccccc1OC)N1CCOCC1. The fourth-order valence-electron chi connectivity index (χ4n) is 2.90. The van der Waals surface area contributed by atoms with Gasteiger partial charge in [-0.2, -0.15) is 0 Å². The van der Waals surface area contributed by atoms with E-state index < -0.39 is 0 Å². The largest absolute Gasteiger partial charge is 0.496 e. The average molecular weight is 320 g/mol. The Labute approximate surface area is 139 Å². The van der Waals surface area contributed by atoms with E-state index in [0.29, 0.717) is 13.0 Å². The molecule has 0 saturated carbocycles. The fourth-order valence-corrected chi connectivity index (χ4v) is 2.90. The van der Waals surface area contributed by atoms with Crippen LogP contribution in [0.1, 0.15) is 37.8 Å². The summed E-state index contributed by atoms with van der Waals surface area (Å²) in [6, 6.07) is 8.15. The molecule has 1 saturated heterocycles. The van der Waals surface area contributed by atoms with E-state index in [9.17, 15) is 4.79 Å². The van der Waals surface area contributed by atoms with Gasteiger partial charge in [0.1, 0.15) is 5.75 Å². The zero-order chi connectivity index (χ0) is 16.5. The molecule has 1 atom stereocenters. The summed E-state index contributed by atoms with van der Waals surface area (Å²) in [5.41, 5.74) is 1.12. The first-order valence-corrected chi connectivity index (χ1v) is 8.47. The summed E-state index contributed by atoms with van der Waals surface area (Å²) in [4.78, 5) is 14.4. The number of carbonyl (C=O) groups excluding carboxylic acids is 1. The van der Waals surface area contributed by atoms with E-state index >= 15 is 0 Å². The minimum Gasteiger partial charge on any atom is -0.496 e. The second-order valence-electron chi connectivity index (χ2n) is 5.81. The Morgan fingerprint density at radius 2 is 2.09 bits per heavy atom. The highest BCUT2D eigenvalue weighted by Gasteiger charge is 2.25. The number of unbranched alkanes of at least 4 members (excludes halogenated alkanes) is 1. The van der Waals surface area contributed by atoms with Gasteiger partial charge in [0.15, 0.2) is 0 Å². The minimum atomic E-state index is 0.112. The number of ether oxygens (including phenoxy) is 2. The number of nitrogens with one attached hydrogen (secondary N) is 1. The Hall–Kier alpha value is -1.59. The van der Waals surface area contributed by atoms with Gasteiger partial charge >= 0.3 is 0 Å². The number of methoxy groups -OCH3 is 1. The topological polar surface area (TPSA) is 50.8 Å². The van der Waals surface area contributed by atoms with Crippen molar-refractivity contribution >= 4 is 5.91 Å². The van der Waals surface area contributed by atoms with Crippen molar-refractivity contribution in [2.45, 2.75) is 32.2 Å². The van der Waals surface area contributed by atoms with Crippen LogP contribution in [0.2, 0.25) is 0 Å². The molecule has 1 fully saturated rings.